The summed E-state index contributed by atoms with van der Waals surface area (Å²) in [6.45, 7) is 0.584. The minimum atomic E-state index is -0.597. The number of amides is 1. The third-order valence-electron chi connectivity index (χ3n) is 3.39. The summed E-state index contributed by atoms with van der Waals surface area (Å²) in [4.78, 5) is 25.7. The molecular formula is C12H16N4O3. The highest BCUT2D eigenvalue weighted by Gasteiger charge is 2.19. The van der Waals surface area contributed by atoms with Gasteiger partial charge in [-0.3, -0.25) is 14.9 Å². The second-order valence-electron chi connectivity index (χ2n) is 4.74. The number of hydrogen-bond acceptors (Lipinski definition) is 5. The first-order chi connectivity index (χ1) is 9.08. The molecule has 19 heavy (non-hydrogen) atoms. The van der Waals surface area contributed by atoms with Crippen molar-refractivity contribution in [1.29, 1.82) is 0 Å². The Balaban J connectivity index is 2.04. The summed E-state index contributed by atoms with van der Waals surface area (Å²) in [5.41, 5.74) is 5.41. The number of aromatic nitrogens is 1. The highest BCUT2D eigenvalue weighted by atomic mass is 16.6. The number of rotatable bonds is 4. The number of nitrogens with zero attached hydrogens (tertiary/aromatic N) is 2. The highest BCUT2D eigenvalue weighted by molar-refractivity contribution is 5.98. The molecule has 3 N–H and O–H groups in total. The van der Waals surface area contributed by atoms with Crippen LogP contribution in [0, 0.1) is 16.0 Å². The lowest BCUT2D eigenvalue weighted by atomic mass is 10.1. The van der Waals surface area contributed by atoms with Crippen molar-refractivity contribution in [3.05, 3.63) is 27.9 Å². The highest BCUT2D eigenvalue weighted by Crippen LogP contribution is 2.24. The van der Waals surface area contributed by atoms with E-state index in [4.69, 9.17) is 5.73 Å². The van der Waals surface area contributed by atoms with Crippen LogP contribution in [-0.4, -0.2) is 22.4 Å². The Kier molecular flexibility index (Phi) is 3.94. The van der Waals surface area contributed by atoms with Crippen LogP contribution < -0.4 is 11.1 Å². The molecule has 2 rings (SSSR count). The van der Waals surface area contributed by atoms with Gasteiger partial charge in [-0.1, -0.05) is 12.8 Å². The zero-order chi connectivity index (χ0) is 13.8. The van der Waals surface area contributed by atoms with Gasteiger partial charge in [0.05, 0.1) is 10.5 Å². The maximum atomic E-state index is 11.9. The zero-order valence-corrected chi connectivity index (χ0v) is 10.5. The quantitative estimate of drug-likeness (QED) is 0.632. The summed E-state index contributed by atoms with van der Waals surface area (Å²) in [6, 6.07) is 1.16. The predicted molar refractivity (Wildman–Crippen MR) is 69.6 cm³/mol. The summed E-state index contributed by atoms with van der Waals surface area (Å²) in [5.74, 6) is 0.104. The number of carbonyl (C=O) groups excluding carboxylic acids is 1. The molecule has 0 spiro atoms. The molecule has 0 unspecified atom stereocenters. The molecule has 1 saturated carbocycles. The molecule has 0 radical (unpaired) electrons. The van der Waals surface area contributed by atoms with Crippen molar-refractivity contribution in [2.45, 2.75) is 25.7 Å². The Hall–Kier alpha value is -2.18. The molecular weight excluding hydrogens is 248 g/mol. The lowest BCUT2D eigenvalue weighted by Gasteiger charge is -2.11. The van der Waals surface area contributed by atoms with Gasteiger partial charge in [0.25, 0.3) is 11.6 Å². The lowest BCUT2D eigenvalue weighted by molar-refractivity contribution is -0.385. The van der Waals surface area contributed by atoms with Gasteiger partial charge in [-0.15, -0.1) is 0 Å². The van der Waals surface area contributed by atoms with Crippen molar-refractivity contribution >= 4 is 17.4 Å². The fourth-order valence-electron chi connectivity index (χ4n) is 2.29. The summed E-state index contributed by atoms with van der Waals surface area (Å²) in [6.07, 6.45) is 5.66. The van der Waals surface area contributed by atoms with Crippen LogP contribution in [0.1, 0.15) is 36.0 Å². The summed E-state index contributed by atoms with van der Waals surface area (Å²) >= 11 is 0. The van der Waals surface area contributed by atoms with Crippen LogP contribution in [0.5, 0.6) is 0 Å². The monoisotopic (exact) mass is 264 g/mol. The minimum absolute atomic E-state index is 0.00882. The van der Waals surface area contributed by atoms with E-state index in [2.05, 4.69) is 10.3 Å². The molecule has 7 nitrogen and oxygen atoms in total. The van der Waals surface area contributed by atoms with E-state index in [0.717, 1.165) is 25.1 Å². The van der Waals surface area contributed by atoms with Crippen molar-refractivity contribution in [1.82, 2.24) is 10.3 Å². The Bertz CT molecular complexity index is 498. The molecule has 0 aromatic carbocycles. The molecule has 0 atom stereocenters. The van der Waals surface area contributed by atoms with Crippen molar-refractivity contribution in [3.63, 3.8) is 0 Å². The molecule has 7 heteroatoms. The van der Waals surface area contributed by atoms with Crippen LogP contribution >= 0.6 is 0 Å². The second kappa shape index (κ2) is 5.64. The Labute approximate surface area is 110 Å². The van der Waals surface area contributed by atoms with Crippen LogP contribution in [-0.2, 0) is 0 Å². The van der Waals surface area contributed by atoms with Crippen molar-refractivity contribution < 1.29 is 9.72 Å². The molecule has 102 valence electrons. The Morgan fingerprint density at radius 1 is 1.53 bits per heavy atom. The smallest absolute Gasteiger partial charge is 0.288 e. The minimum Gasteiger partial charge on any atom is -0.383 e. The Morgan fingerprint density at radius 2 is 2.21 bits per heavy atom. The standard InChI is InChI=1S/C12H16N4O3/c13-11-10(5-9(7-14-11)16(18)19)12(17)15-6-8-3-1-2-4-8/h5,7-8H,1-4,6H2,(H2,13,14)(H,15,17). The van der Waals surface area contributed by atoms with Crippen molar-refractivity contribution in [2.24, 2.45) is 5.92 Å². The van der Waals surface area contributed by atoms with E-state index in [9.17, 15) is 14.9 Å². The molecule has 1 fully saturated rings. The molecule has 1 aliphatic carbocycles. The van der Waals surface area contributed by atoms with E-state index in [-0.39, 0.29) is 17.1 Å². The van der Waals surface area contributed by atoms with E-state index < -0.39 is 10.8 Å². The van der Waals surface area contributed by atoms with E-state index in [1.165, 1.54) is 12.8 Å². The first kappa shape index (κ1) is 13.3. The van der Waals surface area contributed by atoms with Gasteiger partial charge in [0.1, 0.15) is 12.0 Å². The first-order valence-corrected chi connectivity index (χ1v) is 6.26. The number of pyridine rings is 1. The average molecular weight is 264 g/mol. The number of hydrogen-bond donors (Lipinski definition) is 2. The molecule has 1 aliphatic rings. The molecule has 0 bridgehead atoms. The van der Waals surface area contributed by atoms with Gasteiger partial charge in [-0.05, 0) is 18.8 Å². The summed E-state index contributed by atoms with van der Waals surface area (Å²) in [7, 11) is 0. The molecule has 1 aromatic heterocycles. The van der Waals surface area contributed by atoms with Crippen LogP contribution in [0.3, 0.4) is 0 Å². The van der Waals surface area contributed by atoms with Crippen LogP contribution in [0.25, 0.3) is 0 Å². The summed E-state index contributed by atoms with van der Waals surface area (Å²) < 4.78 is 0. The number of anilines is 1. The van der Waals surface area contributed by atoms with Gasteiger partial charge in [0.2, 0.25) is 0 Å². The maximum Gasteiger partial charge on any atom is 0.288 e. The third-order valence-corrected chi connectivity index (χ3v) is 3.39. The van der Waals surface area contributed by atoms with E-state index in [1.807, 2.05) is 0 Å². The SMILES string of the molecule is Nc1ncc([N+](=O)[O-])cc1C(=O)NCC1CCCC1. The van der Waals surface area contributed by atoms with Gasteiger partial charge in [0, 0.05) is 12.6 Å². The topological polar surface area (TPSA) is 111 Å². The summed E-state index contributed by atoms with van der Waals surface area (Å²) in [5, 5.41) is 13.4. The number of nitrogens with two attached hydrogens (primary N) is 1. The third kappa shape index (κ3) is 3.18. The van der Waals surface area contributed by atoms with E-state index >= 15 is 0 Å². The fourth-order valence-corrected chi connectivity index (χ4v) is 2.29. The van der Waals surface area contributed by atoms with Gasteiger partial charge >= 0.3 is 0 Å². The number of nitro groups is 1. The van der Waals surface area contributed by atoms with Gasteiger partial charge in [-0.2, -0.15) is 0 Å². The lowest BCUT2D eigenvalue weighted by Crippen LogP contribution is -2.29. The van der Waals surface area contributed by atoms with Crippen LogP contribution in [0.15, 0.2) is 12.3 Å². The van der Waals surface area contributed by atoms with Gasteiger partial charge < -0.3 is 11.1 Å². The molecule has 1 amide bonds. The number of nitrogens with one attached hydrogen (secondary N) is 1. The van der Waals surface area contributed by atoms with E-state index in [1.54, 1.807) is 0 Å². The van der Waals surface area contributed by atoms with E-state index in [0.29, 0.717) is 12.5 Å². The van der Waals surface area contributed by atoms with Crippen molar-refractivity contribution in [3.8, 4) is 0 Å². The molecule has 0 aliphatic heterocycles. The number of nitrogen functional groups attached to an aromatic ring is 1. The molecule has 1 aromatic rings. The number of carbonyl (C=O) groups is 1. The van der Waals surface area contributed by atoms with Gasteiger partial charge in [0.15, 0.2) is 0 Å². The van der Waals surface area contributed by atoms with Crippen LogP contribution in [0.2, 0.25) is 0 Å². The molecule has 1 heterocycles. The van der Waals surface area contributed by atoms with Crippen LogP contribution in [0.4, 0.5) is 11.5 Å². The maximum absolute atomic E-state index is 11.9. The average Bonchev–Trinajstić information content (AvgIpc) is 2.89. The zero-order valence-electron chi connectivity index (χ0n) is 10.5. The fraction of sp³-hybridized carbons (Fsp3) is 0.500. The van der Waals surface area contributed by atoms with Crippen molar-refractivity contribution in [2.75, 3.05) is 12.3 Å². The molecule has 0 saturated heterocycles. The normalized spacial score (nSPS) is 15.4. The van der Waals surface area contributed by atoms with Gasteiger partial charge in [-0.25, -0.2) is 4.98 Å². The first-order valence-electron chi connectivity index (χ1n) is 6.26. The predicted octanol–water partition coefficient (Wildman–Crippen LogP) is 1.49. The Morgan fingerprint density at radius 3 is 2.84 bits per heavy atom. The largest absolute Gasteiger partial charge is 0.383 e. The second-order valence-corrected chi connectivity index (χ2v) is 4.74.